The predicted octanol–water partition coefficient (Wildman–Crippen LogP) is 3.89. The molecule has 1 aliphatic heterocycles. The van der Waals surface area contributed by atoms with Gasteiger partial charge in [0.25, 0.3) is 0 Å². The fourth-order valence-electron chi connectivity index (χ4n) is 2.58. The summed E-state index contributed by atoms with van der Waals surface area (Å²) < 4.78 is 26.7. The summed E-state index contributed by atoms with van der Waals surface area (Å²) in [6.45, 7) is 0.980. The van der Waals surface area contributed by atoms with Crippen LogP contribution < -0.4 is 18.9 Å². The van der Waals surface area contributed by atoms with Gasteiger partial charge in [0.15, 0.2) is 11.5 Å². The molecule has 0 saturated heterocycles. The van der Waals surface area contributed by atoms with Crippen molar-refractivity contribution in [3.8, 4) is 23.0 Å². The number of fused-ring (bicyclic) bond motifs is 1. The van der Waals surface area contributed by atoms with Crippen LogP contribution in [0, 0.1) is 0 Å². The van der Waals surface area contributed by atoms with E-state index in [1.807, 2.05) is 0 Å². The van der Waals surface area contributed by atoms with E-state index < -0.39 is 5.97 Å². The Bertz CT molecular complexity index is 862. The fraction of sp³-hybridized carbons (Fsp3) is 0.250. The standard InChI is InChI=1S/C20H19ClO6/c1-23-15-4-5-17(24-2)14(11-15)12-27-19(22)6-3-13-9-16(21)20-18(10-13)25-7-8-26-20/h3-6,9-11H,7-8,12H2,1-2H3/b6-3+. The Hall–Kier alpha value is -2.86. The quantitative estimate of drug-likeness (QED) is 0.551. The lowest BCUT2D eigenvalue weighted by Crippen LogP contribution is -2.15. The summed E-state index contributed by atoms with van der Waals surface area (Å²) in [6.07, 6.45) is 2.93. The lowest BCUT2D eigenvalue weighted by Gasteiger charge is -2.19. The topological polar surface area (TPSA) is 63.2 Å². The van der Waals surface area contributed by atoms with E-state index in [2.05, 4.69) is 0 Å². The van der Waals surface area contributed by atoms with Crippen molar-refractivity contribution in [1.82, 2.24) is 0 Å². The number of ether oxygens (including phenoxy) is 5. The highest BCUT2D eigenvalue weighted by molar-refractivity contribution is 6.32. The molecule has 142 valence electrons. The van der Waals surface area contributed by atoms with Crippen LogP contribution in [0.2, 0.25) is 5.02 Å². The monoisotopic (exact) mass is 390 g/mol. The average molecular weight is 391 g/mol. The lowest BCUT2D eigenvalue weighted by molar-refractivity contribution is -0.138. The van der Waals surface area contributed by atoms with Gasteiger partial charge < -0.3 is 23.7 Å². The first kappa shape index (κ1) is 18.9. The van der Waals surface area contributed by atoms with E-state index >= 15 is 0 Å². The zero-order valence-corrected chi connectivity index (χ0v) is 15.7. The minimum atomic E-state index is -0.495. The third-order valence-electron chi connectivity index (χ3n) is 3.89. The molecule has 2 aromatic carbocycles. The Labute approximate surface area is 162 Å². The molecule has 0 aliphatic carbocycles. The molecule has 0 N–H and O–H groups in total. The molecule has 0 unspecified atom stereocenters. The molecule has 0 fully saturated rings. The molecule has 0 atom stereocenters. The van der Waals surface area contributed by atoms with Crippen molar-refractivity contribution in [2.75, 3.05) is 27.4 Å². The van der Waals surface area contributed by atoms with Gasteiger partial charge in [0, 0.05) is 11.6 Å². The van der Waals surface area contributed by atoms with Gasteiger partial charge in [-0.1, -0.05) is 11.6 Å². The van der Waals surface area contributed by atoms with Gasteiger partial charge >= 0.3 is 5.97 Å². The van der Waals surface area contributed by atoms with Gasteiger partial charge in [0.1, 0.15) is 31.3 Å². The van der Waals surface area contributed by atoms with Crippen molar-refractivity contribution in [2.45, 2.75) is 6.61 Å². The van der Waals surface area contributed by atoms with Crippen LogP contribution in [0.5, 0.6) is 23.0 Å². The lowest BCUT2D eigenvalue weighted by atomic mass is 10.1. The normalized spacial score (nSPS) is 12.7. The number of benzene rings is 2. The van der Waals surface area contributed by atoms with Crippen LogP contribution in [0.15, 0.2) is 36.4 Å². The van der Waals surface area contributed by atoms with Crippen LogP contribution in [0.4, 0.5) is 0 Å². The Morgan fingerprint density at radius 1 is 1.15 bits per heavy atom. The smallest absolute Gasteiger partial charge is 0.331 e. The molecule has 1 heterocycles. The summed E-state index contributed by atoms with van der Waals surface area (Å²) in [6, 6.07) is 8.75. The highest BCUT2D eigenvalue weighted by Gasteiger charge is 2.16. The molecular weight excluding hydrogens is 372 g/mol. The minimum absolute atomic E-state index is 0.0610. The number of hydrogen-bond donors (Lipinski definition) is 0. The highest BCUT2D eigenvalue weighted by Crippen LogP contribution is 2.38. The van der Waals surface area contributed by atoms with E-state index in [1.54, 1.807) is 50.6 Å². The molecule has 27 heavy (non-hydrogen) atoms. The van der Waals surface area contributed by atoms with E-state index in [4.69, 9.17) is 35.3 Å². The molecule has 0 bridgehead atoms. The summed E-state index contributed by atoms with van der Waals surface area (Å²) >= 11 is 6.18. The van der Waals surface area contributed by atoms with Crippen molar-refractivity contribution < 1.29 is 28.5 Å². The number of esters is 1. The number of carbonyl (C=O) groups is 1. The molecule has 0 amide bonds. The van der Waals surface area contributed by atoms with Crippen LogP contribution in [0.25, 0.3) is 6.08 Å². The van der Waals surface area contributed by atoms with Crippen molar-refractivity contribution in [1.29, 1.82) is 0 Å². The second-order valence-electron chi connectivity index (χ2n) is 5.65. The summed E-state index contributed by atoms with van der Waals surface area (Å²) in [5.74, 6) is 1.86. The summed E-state index contributed by atoms with van der Waals surface area (Å²) in [5.41, 5.74) is 1.42. The van der Waals surface area contributed by atoms with E-state index in [0.717, 1.165) is 0 Å². The maximum atomic E-state index is 12.0. The predicted molar refractivity (Wildman–Crippen MR) is 101 cm³/mol. The highest BCUT2D eigenvalue weighted by atomic mass is 35.5. The van der Waals surface area contributed by atoms with Crippen molar-refractivity contribution in [3.63, 3.8) is 0 Å². The molecule has 0 radical (unpaired) electrons. The van der Waals surface area contributed by atoms with Gasteiger partial charge in [-0.25, -0.2) is 4.79 Å². The van der Waals surface area contributed by atoms with E-state index in [0.29, 0.717) is 52.4 Å². The maximum Gasteiger partial charge on any atom is 0.331 e. The van der Waals surface area contributed by atoms with Gasteiger partial charge in [-0.15, -0.1) is 0 Å². The van der Waals surface area contributed by atoms with Crippen LogP contribution in [0.3, 0.4) is 0 Å². The number of rotatable bonds is 6. The molecule has 0 spiro atoms. The molecule has 0 aromatic heterocycles. The van der Waals surface area contributed by atoms with Crippen LogP contribution in [0.1, 0.15) is 11.1 Å². The molecule has 3 rings (SSSR count). The van der Waals surface area contributed by atoms with Crippen molar-refractivity contribution in [2.24, 2.45) is 0 Å². The van der Waals surface area contributed by atoms with Gasteiger partial charge in [-0.3, -0.25) is 0 Å². The maximum absolute atomic E-state index is 12.0. The Morgan fingerprint density at radius 3 is 2.74 bits per heavy atom. The van der Waals surface area contributed by atoms with Crippen LogP contribution in [-0.4, -0.2) is 33.4 Å². The molecule has 0 saturated carbocycles. The fourth-order valence-corrected chi connectivity index (χ4v) is 2.86. The van der Waals surface area contributed by atoms with E-state index in [9.17, 15) is 4.79 Å². The number of halogens is 1. The largest absolute Gasteiger partial charge is 0.497 e. The average Bonchev–Trinajstić information content (AvgIpc) is 2.70. The molecule has 2 aromatic rings. The Morgan fingerprint density at radius 2 is 1.96 bits per heavy atom. The number of methoxy groups -OCH3 is 2. The third-order valence-corrected chi connectivity index (χ3v) is 4.17. The summed E-state index contributed by atoms with van der Waals surface area (Å²) in [5, 5.41) is 0.432. The van der Waals surface area contributed by atoms with Gasteiger partial charge in [-0.2, -0.15) is 0 Å². The third kappa shape index (κ3) is 4.65. The first-order chi connectivity index (χ1) is 13.1. The van der Waals surface area contributed by atoms with Crippen LogP contribution >= 0.6 is 11.6 Å². The molecule has 6 nitrogen and oxygen atoms in total. The first-order valence-electron chi connectivity index (χ1n) is 8.25. The Kier molecular flexibility index (Phi) is 6.08. The first-order valence-corrected chi connectivity index (χ1v) is 8.63. The Balaban J connectivity index is 1.65. The summed E-state index contributed by atoms with van der Waals surface area (Å²) in [7, 11) is 3.12. The zero-order chi connectivity index (χ0) is 19.2. The second-order valence-corrected chi connectivity index (χ2v) is 6.05. The van der Waals surface area contributed by atoms with Gasteiger partial charge in [0.2, 0.25) is 0 Å². The zero-order valence-electron chi connectivity index (χ0n) is 15.0. The molecular formula is C20H19ClO6. The molecule has 1 aliphatic rings. The van der Waals surface area contributed by atoms with Crippen molar-refractivity contribution in [3.05, 3.63) is 52.6 Å². The van der Waals surface area contributed by atoms with Gasteiger partial charge in [-0.05, 0) is 42.0 Å². The SMILES string of the molecule is COc1ccc(OC)c(COC(=O)/C=C/c2cc(Cl)c3c(c2)OCCO3)c1. The van der Waals surface area contributed by atoms with Crippen LogP contribution in [-0.2, 0) is 16.1 Å². The summed E-state index contributed by atoms with van der Waals surface area (Å²) in [4.78, 5) is 12.0. The van der Waals surface area contributed by atoms with Gasteiger partial charge in [0.05, 0.1) is 19.2 Å². The van der Waals surface area contributed by atoms with E-state index in [1.165, 1.54) is 6.08 Å². The molecule has 7 heteroatoms. The van der Waals surface area contributed by atoms with E-state index in [-0.39, 0.29) is 6.61 Å². The number of hydrogen-bond acceptors (Lipinski definition) is 6. The second kappa shape index (κ2) is 8.68. The van der Waals surface area contributed by atoms with Crippen molar-refractivity contribution >= 4 is 23.6 Å². The number of carbonyl (C=O) groups excluding carboxylic acids is 1. The minimum Gasteiger partial charge on any atom is -0.497 e.